The van der Waals surface area contributed by atoms with Crippen molar-refractivity contribution in [1.29, 1.82) is 0 Å². The largest absolute Gasteiger partial charge is 0.241 e. The van der Waals surface area contributed by atoms with E-state index in [9.17, 15) is 8.42 Å². The molecule has 1 N–H and O–H groups in total. The minimum Gasteiger partial charge on any atom is -0.207 e. The number of benzene rings is 1. The van der Waals surface area contributed by atoms with E-state index in [-0.39, 0.29) is 6.04 Å². The summed E-state index contributed by atoms with van der Waals surface area (Å²) in [5.74, 6) is 0. The first-order chi connectivity index (χ1) is 7.49. The Hall–Kier alpha value is -0.870. The highest BCUT2D eigenvalue weighted by Crippen LogP contribution is 2.34. The zero-order valence-corrected chi connectivity index (χ0v) is 10.7. The summed E-state index contributed by atoms with van der Waals surface area (Å²) in [4.78, 5) is 0.514. The summed E-state index contributed by atoms with van der Waals surface area (Å²) in [6.07, 6.45) is 1.69. The molecule has 0 radical (unpaired) electrons. The van der Waals surface area contributed by atoms with Crippen LogP contribution in [0.15, 0.2) is 17.0 Å². The quantitative estimate of drug-likeness (QED) is 0.859. The second kappa shape index (κ2) is 3.86. The van der Waals surface area contributed by atoms with Crippen LogP contribution < -0.4 is 4.72 Å². The van der Waals surface area contributed by atoms with Gasteiger partial charge in [0.2, 0.25) is 10.0 Å². The number of nitrogens with one attached hydrogen (secondary N) is 1. The van der Waals surface area contributed by atoms with Crippen molar-refractivity contribution in [2.45, 2.75) is 44.6 Å². The fourth-order valence-corrected chi connectivity index (χ4v) is 4.06. The third-order valence-corrected chi connectivity index (χ3v) is 4.81. The molecule has 2 rings (SSSR count). The molecule has 0 spiro atoms. The summed E-state index contributed by atoms with van der Waals surface area (Å²) in [5.41, 5.74) is 3.07. The monoisotopic (exact) mass is 239 g/mol. The van der Waals surface area contributed by atoms with Gasteiger partial charge in [0.25, 0.3) is 0 Å². The molecule has 1 atom stereocenters. The standard InChI is InChI=1S/C12H17NO2S/c1-4-9-6-10(5-2)12-11(7-9)8(3)13-16(12,14)15/h6-8,13H,4-5H2,1-3H3/t8-/m0/s1. The van der Waals surface area contributed by atoms with E-state index in [0.29, 0.717) is 4.90 Å². The number of sulfonamides is 1. The van der Waals surface area contributed by atoms with Gasteiger partial charge in [-0.2, -0.15) is 0 Å². The molecule has 0 aliphatic carbocycles. The Bertz CT molecular complexity index is 520. The lowest BCUT2D eigenvalue weighted by atomic mass is 9.99. The second-order valence-electron chi connectivity index (χ2n) is 4.22. The first-order valence-corrected chi connectivity index (χ1v) is 7.16. The molecule has 0 unspecified atom stereocenters. The van der Waals surface area contributed by atoms with E-state index in [1.807, 2.05) is 26.0 Å². The first kappa shape index (κ1) is 11.6. The zero-order valence-electron chi connectivity index (χ0n) is 9.87. The van der Waals surface area contributed by atoms with Gasteiger partial charge in [0.05, 0.1) is 4.90 Å². The highest BCUT2D eigenvalue weighted by Gasteiger charge is 2.33. The van der Waals surface area contributed by atoms with E-state index in [1.54, 1.807) is 0 Å². The molecule has 1 aromatic carbocycles. The van der Waals surface area contributed by atoms with E-state index < -0.39 is 10.0 Å². The van der Waals surface area contributed by atoms with Crippen molar-refractivity contribution < 1.29 is 8.42 Å². The summed E-state index contributed by atoms with van der Waals surface area (Å²) in [6, 6.07) is 3.92. The van der Waals surface area contributed by atoms with Gasteiger partial charge in [-0.25, -0.2) is 13.1 Å². The Kier molecular flexibility index (Phi) is 2.80. The van der Waals surface area contributed by atoms with Gasteiger partial charge in [0.1, 0.15) is 0 Å². The van der Waals surface area contributed by atoms with Gasteiger partial charge >= 0.3 is 0 Å². The molecule has 0 amide bonds. The number of hydrogen-bond donors (Lipinski definition) is 1. The van der Waals surface area contributed by atoms with Crippen LogP contribution >= 0.6 is 0 Å². The third-order valence-electron chi connectivity index (χ3n) is 3.11. The molecule has 3 nitrogen and oxygen atoms in total. The van der Waals surface area contributed by atoms with Crippen LogP contribution in [-0.4, -0.2) is 8.42 Å². The maximum atomic E-state index is 11.9. The molecule has 88 valence electrons. The Morgan fingerprint density at radius 2 is 1.94 bits per heavy atom. The van der Waals surface area contributed by atoms with Crippen molar-refractivity contribution >= 4 is 10.0 Å². The summed E-state index contributed by atoms with van der Waals surface area (Å²) in [5, 5.41) is 0. The van der Waals surface area contributed by atoms with Gasteiger partial charge in [0.15, 0.2) is 0 Å². The van der Waals surface area contributed by atoms with E-state index in [2.05, 4.69) is 11.6 Å². The molecule has 0 fully saturated rings. The van der Waals surface area contributed by atoms with Crippen molar-refractivity contribution in [3.8, 4) is 0 Å². The molecule has 0 bridgehead atoms. The highest BCUT2D eigenvalue weighted by molar-refractivity contribution is 7.89. The number of fused-ring (bicyclic) bond motifs is 1. The smallest absolute Gasteiger partial charge is 0.207 e. The SMILES string of the molecule is CCc1cc(CC)c2c(c1)[C@H](C)NS2(=O)=O. The van der Waals surface area contributed by atoms with E-state index in [0.717, 1.165) is 24.0 Å². The van der Waals surface area contributed by atoms with Gasteiger partial charge in [-0.1, -0.05) is 26.0 Å². The fourth-order valence-electron chi connectivity index (χ4n) is 2.25. The lowest BCUT2D eigenvalue weighted by Gasteiger charge is -2.08. The zero-order chi connectivity index (χ0) is 11.9. The first-order valence-electron chi connectivity index (χ1n) is 5.67. The van der Waals surface area contributed by atoms with Crippen molar-refractivity contribution in [2.75, 3.05) is 0 Å². The topological polar surface area (TPSA) is 46.2 Å². The molecule has 16 heavy (non-hydrogen) atoms. The van der Waals surface area contributed by atoms with E-state index >= 15 is 0 Å². The molecule has 1 aliphatic heterocycles. The van der Waals surface area contributed by atoms with Crippen molar-refractivity contribution in [3.05, 3.63) is 28.8 Å². The average molecular weight is 239 g/mol. The van der Waals surface area contributed by atoms with Crippen molar-refractivity contribution in [3.63, 3.8) is 0 Å². The van der Waals surface area contributed by atoms with Crippen LogP contribution in [0, 0.1) is 0 Å². The summed E-state index contributed by atoms with van der Waals surface area (Å²) in [7, 11) is -3.27. The predicted octanol–water partition coefficient (Wildman–Crippen LogP) is 2.16. The summed E-state index contributed by atoms with van der Waals surface area (Å²) in [6.45, 7) is 5.97. The lowest BCUT2D eigenvalue weighted by molar-refractivity contribution is 0.581. The predicted molar refractivity (Wildman–Crippen MR) is 63.9 cm³/mol. The van der Waals surface area contributed by atoms with Crippen molar-refractivity contribution in [2.24, 2.45) is 0 Å². The van der Waals surface area contributed by atoms with E-state index in [1.165, 1.54) is 5.56 Å². The van der Waals surface area contributed by atoms with Crippen LogP contribution in [0.1, 0.15) is 43.5 Å². The van der Waals surface area contributed by atoms with Crippen LogP contribution in [0.25, 0.3) is 0 Å². The fraction of sp³-hybridized carbons (Fsp3) is 0.500. The van der Waals surface area contributed by atoms with Gasteiger partial charge in [-0.15, -0.1) is 0 Å². The molecule has 1 heterocycles. The molecular formula is C12H17NO2S. The molecule has 0 saturated heterocycles. The molecule has 4 heteroatoms. The number of aryl methyl sites for hydroxylation is 2. The molecule has 0 saturated carbocycles. The Morgan fingerprint density at radius 3 is 2.50 bits per heavy atom. The Balaban J connectivity index is 2.74. The van der Waals surface area contributed by atoms with Gasteiger partial charge < -0.3 is 0 Å². The normalized spacial score (nSPS) is 22.1. The minimum atomic E-state index is -3.27. The average Bonchev–Trinajstić information content (AvgIpc) is 2.48. The molecule has 1 aliphatic rings. The maximum Gasteiger partial charge on any atom is 0.241 e. The minimum absolute atomic E-state index is 0.100. The van der Waals surface area contributed by atoms with Gasteiger partial charge in [0, 0.05) is 6.04 Å². The van der Waals surface area contributed by atoms with Crippen molar-refractivity contribution in [1.82, 2.24) is 4.72 Å². The Morgan fingerprint density at radius 1 is 1.25 bits per heavy atom. The Labute approximate surface area is 96.9 Å². The highest BCUT2D eigenvalue weighted by atomic mass is 32.2. The third kappa shape index (κ3) is 1.66. The summed E-state index contributed by atoms with van der Waals surface area (Å²) < 4.78 is 26.5. The molecular weight excluding hydrogens is 222 g/mol. The van der Waals surface area contributed by atoms with Crippen LogP contribution in [0.5, 0.6) is 0 Å². The summed E-state index contributed by atoms with van der Waals surface area (Å²) >= 11 is 0. The second-order valence-corrected chi connectivity index (χ2v) is 5.87. The molecule has 0 aromatic heterocycles. The van der Waals surface area contributed by atoms with E-state index in [4.69, 9.17) is 0 Å². The van der Waals surface area contributed by atoms with Crippen LogP contribution in [0.2, 0.25) is 0 Å². The van der Waals surface area contributed by atoms with Crippen LogP contribution in [0.3, 0.4) is 0 Å². The number of rotatable bonds is 2. The molecule has 1 aromatic rings. The lowest BCUT2D eigenvalue weighted by Crippen LogP contribution is -2.17. The number of hydrogen-bond acceptors (Lipinski definition) is 2. The van der Waals surface area contributed by atoms with Crippen LogP contribution in [-0.2, 0) is 22.9 Å². The maximum absolute atomic E-state index is 11.9. The van der Waals surface area contributed by atoms with Gasteiger partial charge in [-0.05, 0) is 36.5 Å². The van der Waals surface area contributed by atoms with Crippen LogP contribution in [0.4, 0.5) is 0 Å². The van der Waals surface area contributed by atoms with Gasteiger partial charge in [-0.3, -0.25) is 0 Å².